The normalized spacial score (nSPS) is 12.5. The van der Waals surface area contributed by atoms with Gasteiger partial charge in [0.05, 0.1) is 11.7 Å². The van der Waals surface area contributed by atoms with Crippen LogP contribution in [0.15, 0.2) is 22.6 Å². The van der Waals surface area contributed by atoms with Crippen molar-refractivity contribution >= 4 is 28.9 Å². The third kappa shape index (κ3) is 2.90. The third-order valence-corrected chi connectivity index (χ3v) is 2.74. The summed E-state index contributed by atoms with van der Waals surface area (Å²) in [6.07, 6.45) is 0. The number of halogens is 2. The van der Waals surface area contributed by atoms with Crippen LogP contribution >= 0.6 is 23.2 Å². The Balaban J connectivity index is 2.18. The number of nitrogens with one attached hydrogen (secondary N) is 1. The van der Waals surface area contributed by atoms with E-state index < -0.39 is 0 Å². The van der Waals surface area contributed by atoms with E-state index in [9.17, 15) is 0 Å². The van der Waals surface area contributed by atoms with Crippen molar-refractivity contribution in [1.29, 1.82) is 0 Å². The van der Waals surface area contributed by atoms with Gasteiger partial charge in [0.15, 0.2) is 10.3 Å². The predicted molar refractivity (Wildman–Crippen MR) is 67.5 cm³/mol. The summed E-state index contributed by atoms with van der Waals surface area (Å²) in [5.74, 6) is 1.69. The number of hydrogen-bond donors (Lipinski definition) is 1. The highest BCUT2D eigenvalue weighted by Crippen LogP contribution is 2.26. The summed E-state index contributed by atoms with van der Waals surface area (Å²) in [6, 6.07) is 5.43. The lowest BCUT2D eigenvalue weighted by Gasteiger charge is -2.13. The van der Waals surface area contributed by atoms with E-state index in [0.29, 0.717) is 10.8 Å². The van der Waals surface area contributed by atoms with E-state index in [4.69, 9.17) is 27.6 Å². The van der Waals surface area contributed by atoms with Crippen molar-refractivity contribution in [2.45, 2.75) is 19.9 Å². The molecule has 0 aliphatic carbocycles. The molecule has 0 radical (unpaired) electrons. The highest BCUT2D eigenvalue weighted by atomic mass is 35.5. The van der Waals surface area contributed by atoms with Crippen LogP contribution < -0.4 is 5.32 Å². The van der Waals surface area contributed by atoms with Gasteiger partial charge >= 0.3 is 0 Å². The van der Waals surface area contributed by atoms with Gasteiger partial charge in [0.25, 0.3) is 0 Å². The average Bonchev–Trinajstić information content (AvgIpc) is 2.70. The van der Waals surface area contributed by atoms with Crippen LogP contribution in [-0.4, -0.2) is 10.2 Å². The largest absolute Gasteiger partial charge is 0.464 e. The fraction of sp³-hybridized carbons (Fsp3) is 0.273. The summed E-state index contributed by atoms with van der Waals surface area (Å²) < 4.78 is 5.51. The number of aromatic nitrogens is 2. The molecule has 2 rings (SSSR count). The molecule has 1 unspecified atom stereocenters. The van der Waals surface area contributed by atoms with Crippen molar-refractivity contribution in [2.24, 2.45) is 0 Å². The number of furan rings is 1. The first-order valence-corrected chi connectivity index (χ1v) is 5.83. The van der Waals surface area contributed by atoms with E-state index in [-0.39, 0.29) is 11.2 Å². The Morgan fingerprint density at radius 2 is 2.06 bits per heavy atom. The van der Waals surface area contributed by atoms with Crippen LogP contribution in [0.1, 0.15) is 24.5 Å². The van der Waals surface area contributed by atoms with Crippen LogP contribution in [0.4, 0.5) is 5.69 Å². The van der Waals surface area contributed by atoms with E-state index in [2.05, 4.69) is 15.5 Å². The van der Waals surface area contributed by atoms with Gasteiger partial charge in [-0.3, -0.25) is 0 Å². The molecule has 0 fully saturated rings. The summed E-state index contributed by atoms with van der Waals surface area (Å²) >= 11 is 11.7. The second-order valence-corrected chi connectivity index (χ2v) is 4.43. The molecular weight excluding hydrogens is 261 g/mol. The van der Waals surface area contributed by atoms with E-state index in [1.807, 2.05) is 26.0 Å². The zero-order chi connectivity index (χ0) is 12.4. The zero-order valence-electron chi connectivity index (χ0n) is 9.37. The highest BCUT2D eigenvalue weighted by Gasteiger charge is 2.12. The number of hydrogen-bond acceptors (Lipinski definition) is 4. The van der Waals surface area contributed by atoms with Gasteiger partial charge in [-0.2, -0.15) is 0 Å². The molecular formula is C11H11Cl2N3O. The Morgan fingerprint density at radius 3 is 2.71 bits per heavy atom. The standard InChI is InChI=1S/C11H11Cl2N3O/c1-6-3-4-9(17-6)7(2)14-8-5-10(12)15-16-11(8)13/h3-5,7H,1-2H3,(H,14,15). The summed E-state index contributed by atoms with van der Waals surface area (Å²) in [5.41, 5.74) is 0.633. The quantitative estimate of drug-likeness (QED) is 0.921. The predicted octanol–water partition coefficient (Wildman–Crippen LogP) is 3.86. The summed E-state index contributed by atoms with van der Waals surface area (Å²) in [4.78, 5) is 0. The van der Waals surface area contributed by atoms with E-state index in [0.717, 1.165) is 11.5 Å². The van der Waals surface area contributed by atoms with Gasteiger partial charge in [-0.05, 0) is 26.0 Å². The minimum atomic E-state index is -0.0264. The van der Waals surface area contributed by atoms with Crippen molar-refractivity contribution in [3.05, 3.63) is 40.0 Å². The molecule has 0 saturated carbocycles. The second-order valence-electron chi connectivity index (χ2n) is 3.69. The van der Waals surface area contributed by atoms with Gasteiger partial charge in [-0.1, -0.05) is 23.2 Å². The fourth-order valence-corrected chi connectivity index (χ4v) is 1.74. The fourth-order valence-electron chi connectivity index (χ4n) is 1.44. The molecule has 17 heavy (non-hydrogen) atoms. The average molecular weight is 272 g/mol. The molecule has 1 atom stereocenters. The monoisotopic (exact) mass is 271 g/mol. The first-order valence-electron chi connectivity index (χ1n) is 5.08. The van der Waals surface area contributed by atoms with Crippen LogP contribution in [0.2, 0.25) is 10.3 Å². The van der Waals surface area contributed by atoms with Crippen molar-refractivity contribution in [3.8, 4) is 0 Å². The van der Waals surface area contributed by atoms with E-state index >= 15 is 0 Å². The third-order valence-electron chi connectivity index (χ3n) is 2.28. The van der Waals surface area contributed by atoms with Gasteiger partial charge in [-0.15, -0.1) is 10.2 Å². The van der Waals surface area contributed by atoms with E-state index in [1.54, 1.807) is 6.07 Å². The van der Waals surface area contributed by atoms with Crippen molar-refractivity contribution < 1.29 is 4.42 Å². The summed E-state index contributed by atoms with van der Waals surface area (Å²) in [6.45, 7) is 3.86. The molecule has 2 heterocycles. The lowest BCUT2D eigenvalue weighted by Crippen LogP contribution is -2.07. The SMILES string of the molecule is Cc1ccc(C(C)Nc2cc(Cl)nnc2Cl)o1. The maximum atomic E-state index is 5.91. The topological polar surface area (TPSA) is 51.0 Å². The molecule has 0 aliphatic heterocycles. The first kappa shape index (κ1) is 12.2. The maximum Gasteiger partial charge on any atom is 0.174 e. The molecule has 0 saturated heterocycles. The van der Waals surface area contributed by atoms with Crippen LogP contribution in [0.5, 0.6) is 0 Å². The Morgan fingerprint density at radius 1 is 1.29 bits per heavy atom. The van der Waals surface area contributed by atoms with Crippen LogP contribution in [0.3, 0.4) is 0 Å². The van der Waals surface area contributed by atoms with Gasteiger partial charge in [0.2, 0.25) is 0 Å². The Labute approximate surface area is 109 Å². The van der Waals surface area contributed by atoms with Gasteiger partial charge in [0, 0.05) is 6.07 Å². The Bertz CT molecular complexity index is 527. The van der Waals surface area contributed by atoms with Crippen LogP contribution in [-0.2, 0) is 0 Å². The maximum absolute atomic E-state index is 5.91. The van der Waals surface area contributed by atoms with Gasteiger partial charge in [0.1, 0.15) is 11.5 Å². The molecule has 0 amide bonds. The van der Waals surface area contributed by atoms with E-state index in [1.165, 1.54) is 0 Å². The number of nitrogens with zero attached hydrogens (tertiary/aromatic N) is 2. The summed E-state index contributed by atoms with van der Waals surface area (Å²) in [7, 11) is 0. The number of rotatable bonds is 3. The van der Waals surface area contributed by atoms with Gasteiger partial charge in [-0.25, -0.2) is 0 Å². The molecule has 90 valence electrons. The molecule has 2 aromatic heterocycles. The zero-order valence-corrected chi connectivity index (χ0v) is 10.9. The number of aryl methyl sites for hydroxylation is 1. The minimum absolute atomic E-state index is 0.0264. The molecule has 1 N–H and O–H groups in total. The minimum Gasteiger partial charge on any atom is -0.464 e. The van der Waals surface area contributed by atoms with Crippen LogP contribution in [0, 0.1) is 6.92 Å². The smallest absolute Gasteiger partial charge is 0.174 e. The number of anilines is 1. The molecule has 4 nitrogen and oxygen atoms in total. The summed E-state index contributed by atoms with van der Waals surface area (Å²) in [5, 5.41) is 11.1. The second kappa shape index (κ2) is 4.94. The van der Waals surface area contributed by atoms with Gasteiger partial charge < -0.3 is 9.73 Å². The molecule has 0 bridgehead atoms. The molecule has 6 heteroatoms. The van der Waals surface area contributed by atoms with Crippen molar-refractivity contribution in [1.82, 2.24) is 10.2 Å². The highest BCUT2D eigenvalue weighted by molar-refractivity contribution is 6.33. The Hall–Kier alpha value is -1.26. The molecule has 0 aromatic carbocycles. The van der Waals surface area contributed by atoms with Crippen LogP contribution in [0.25, 0.3) is 0 Å². The first-order chi connectivity index (χ1) is 8.06. The molecule has 0 spiro atoms. The van der Waals surface area contributed by atoms with Crippen molar-refractivity contribution in [3.63, 3.8) is 0 Å². The lowest BCUT2D eigenvalue weighted by molar-refractivity contribution is 0.467. The molecule has 2 aromatic rings. The lowest BCUT2D eigenvalue weighted by atomic mass is 10.2. The molecule has 0 aliphatic rings. The Kier molecular flexibility index (Phi) is 3.54. The van der Waals surface area contributed by atoms with Crippen molar-refractivity contribution in [2.75, 3.05) is 5.32 Å².